The van der Waals surface area contributed by atoms with Crippen molar-refractivity contribution in [3.8, 4) is 0 Å². The molecule has 0 amide bonds. The summed E-state index contributed by atoms with van der Waals surface area (Å²) in [4.78, 5) is 0. The summed E-state index contributed by atoms with van der Waals surface area (Å²) in [6.45, 7) is 5.03. The maximum atomic E-state index is 5.44. The van der Waals surface area contributed by atoms with Crippen molar-refractivity contribution in [1.82, 2.24) is 20.1 Å². The van der Waals surface area contributed by atoms with Crippen LogP contribution in [0.5, 0.6) is 0 Å². The molecule has 2 aromatic rings. The molecule has 0 bridgehead atoms. The van der Waals surface area contributed by atoms with Crippen molar-refractivity contribution >= 4 is 0 Å². The smallest absolute Gasteiger partial charge is 0.159 e. The van der Waals surface area contributed by atoms with E-state index in [1.807, 2.05) is 25.1 Å². The molecule has 0 spiro atoms. The molecule has 1 aliphatic heterocycles. The Morgan fingerprint density at radius 1 is 1.32 bits per heavy atom. The van der Waals surface area contributed by atoms with Gasteiger partial charge >= 0.3 is 0 Å². The lowest BCUT2D eigenvalue weighted by Crippen LogP contribution is -2.35. The van der Waals surface area contributed by atoms with Gasteiger partial charge in [-0.3, -0.25) is 0 Å². The number of hydrogen-bond donors (Lipinski definition) is 1. The molecule has 1 unspecified atom stereocenters. The van der Waals surface area contributed by atoms with Gasteiger partial charge in [-0.05, 0) is 12.5 Å². The third kappa shape index (κ3) is 2.39. The van der Waals surface area contributed by atoms with Crippen molar-refractivity contribution < 1.29 is 4.74 Å². The van der Waals surface area contributed by atoms with Crippen LogP contribution in [0.4, 0.5) is 0 Å². The monoisotopic (exact) mass is 258 g/mol. The third-order valence-electron chi connectivity index (χ3n) is 3.37. The van der Waals surface area contributed by atoms with Gasteiger partial charge in [0, 0.05) is 19.7 Å². The Kier molecular flexibility index (Phi) is 3.57. The summed E-state index contributed by atoms with van der Waals surface area (Å²) < 4.78 is 7.61. The number of hydrogen-bond acceptors (Lipinski definition) is 4. The van der Waals surface area contributed by atoms with Crippen molar-refractivity contribution in [1.29, 1.82) is 0 Å². The first-order valence-corrected chi connectivity index (χ1v) is 6.68. The van der Waals surface area contributed by atoms with Crippen LogP contribution in [0.2, 0.25) is 0 Å². The summed E-state index contributed by atoms with van der Waals surface area (Å²) in [6.07, 6.45) is 0. The summed E-state index contributed by atoms with van der Waals surface area (Å²) >= 11 is 0. The van der Waals surface area contributed by atoms with Gasteiger partial charge in [-0.25, -0.2) is 0 Å². The van der Waals surface area contributed by atoms with Gasteiger partial charge in [0.2, 0.25) is 0 Å². The molecule has 0 radical (unpaired) electrons. The molecule has 1 aromatic heterocycles. The van der Waals surface area contributed by atoms with Crippen molar-refractivity contribution in [2.45, 2.75) is 26.1 Å². The summed E-state index contributed by atoms with van der Waals surface area (Å²) in [5.41, 5.74) is 1.22. The van der Waals surface area contributed by atoms with Gasteiger partial charge in [0.15, 0.2) is 11.6 Å². The Morgan fingerprint density at radius 2 is 2.16 bits per heavy atom. The molecule has 1 N–H and O–H groups in total. The number of aromatic nitrogens is 3. The molecular formula is C14H18N4O. The second kappa shape index (κ2) is 5.50. The lowest BCUT2D eigenvalue weighted by molar-refractivity contribution is 0.124. The molecule has 1 aliphatic rings. The van der Waals surface area contributed by atoms with E-state index in [1.165, 1.54) is 5.56 Å². The van der Waals surface area contributed by atoms with E-state index in [-0.39, 0.29) is 6.04 Å². The minimum absolute atomic E-state index is 0.123. The van der Waals surface area contributed by atoms with Crippen LogP contribution in [0, 0.1) is 0 Å². The first kappa shape index (κ1) is 12.3. The lowest BCUT2D eigenvalue weighted by Gasteiger charge is -2.25. The van der Waals surface area contributed by atoms with Gasteiger partial charge in [0.05, 0.1) is 6.04 Å². The van der Waals surface area contributed by atoms with E-state index >= 15 is 0 Å². The van der Waals surface area contributed by atoms with Gasteiger partial charge in [0.25, 0.3) is 0 Å². The fourth-order valence-electron chi connectivity index (χ4n) is 2.43. The van der Waals surface area contributed by atoms with Crippen LogP contribution in [-0.4, -0.2) is 27.9 Å². The number of nitrogens with zero attached hydrogens (tertiary/aromatic N) is 3. The molecule has 1 atom stereocenters. The molecule has 100 valence electrons. The van der Waals surface area contributed by atoms with Crippen molar-refractivity contribution in [2.24, 2.45) is 0 Å². The van der Waals surface area contributed by atoms with Crippen LogP contribution in [0.25, 0.3) is 0 Å². The molecule has 0 aliphatic carbocycles. The van der Waals surface area contributed by atoms with Crippen molar-refractivity contribution in [2.75, 3.05) is 13.2 Å². The van der Waals surface area contributed by atoms with E-state index < -0.39 is 0 Å². The Labute approximate surface area is 112 Å². The molecular weight excluding hydrogens is 240 g/mol. The summed E-state index contributed by atoms with van der Waals surface area (Å²) in [6, 6.07) is 10.5. The van der Waals surface area contributed by atoms with Gasteiger partial charge in [-0.2, -0.15) is 0 Å². The minimum atomic E-state index is 0.123. The molecule has 1 aromatic carbocycles. The van der Waals surface area contributed by atoms with Crippen molar-refractivity contribution in [3.05, 3.63) is 47.5 Å². The highest BCUT2D eigenvalue weighted by Crippen LogP contribution is 2.23. The van der Waals surface area contributed by atoms with Gasteiger partial charge in [-0.1, -0.05) is 30.3 Å². The Balaban J connectivity index is 1.91. The maximum absolute atomic E-state index is 5.44. The zero-order chi connectivity index (χ0) is 13.1. The average molecular weight is 258 g/mol. The van der Waals surface area contributed by atoms with Crippen molar-refractivity contribution in [3.63, 3.8) is 0 Å². The zero-order valence-electron chi connectivity index (χ0n) is 11.0. The van der Waals surface area contributed by atoms with Crippen LogP contribution >= 0.6 is 0 Å². The number of fused-ring (bicyclic) bond motifs is 1. The van der Waals surface area contributed by atoms with Gasteiger partial charge in [0.1, 0.15) is 6.61 Å². The van der Waals surface area contributed by atoms with E-state index in [2.05, 4.69) is 32.2 Å². The molecule has 5 heteroatoms. The fraction of sp³-hybridized carbons (Fsp3) is 0.429. The molecule has 2 heterocycles. The fourth-order valence-corrected chi connectivity index (χ4v) is 2.43. The summed E-state index contributed by atoms with van der Waals surface area (Å²) in [5, 5.41) is 12.1. The number of benzene rings is 1. The Morgan fingerprint density at radius 3 is 2.95 bits per heavy atom. The Bertz CT molecular complexity index is 538. The first-order chi connectivity index (χ1) is 9.40. The average Bonchev–Trinajstić information content (AvgIpc) is 2.89. The SMILES string of the molecule is CCOCc1nnc2n1CCNC2c1ccccc1. The zero-order valence-corrected chi connectivity index (χ0v) is 11.0. The molecule has 0 saturated heterocycles. The highest BCUT2D eigenvalue weighted by molar-refractivity contribution is 5.26. The topological polar surface area (TPSA) is 52.0 Å². The normalized spacial score (nSPS) is 18.3. The number of nitrogens with one attached hydrogen (secondary N) is 1. The highest BCUT2D eigenvalue weighted by atomic mass is 16.5. The van der Waals surface area contributed by atoms with Crippen LogP contribution in [-0.2, 0) is 17.9 Å². The van der Waals surface area contributed by atoms with Crippen LogP contribution in [0.1, 0.15) is 30.2 Å². The van der Waals surface area contributed by atoms with E-state index in [4.69, 9.17) is 4.74 Å². The number of ether oxygens (including phenoxy) is 1. The van der Waals surface area contributed by atoms with Crippen LogP contribution in [0.15, 0.2) is 30.3 Å². The van der Waals surface area contributed by atoms with Gasteiger partial charge < -0.3 is 14.6 Å². The largest absolute Gasteiger partial charge is 0.374 e. The quantitative estimate of drug-likeness (QED) is 0.903. The molecule has 5 nitrogen and oxygen atoms in total. The first-order valence-electron chi connectivity index (χ1n) is 6.68. The predicted molar refractivity (Wildman–Crippen MR) is 71.6 cm³/mol. The summed E-state index contributed by atoms with van der Waals surface area (Å²) in [5.74, 6) is 1.89. The second-order valence-electron chi connectivity index (χ2n) is 4.56. The molecule has 3 rings (SSSR count). The summed E-state index contributed by atoms with van der Waals surface area (Å²) in [7, 11) is 0. The van der Waals surface area contributed by atoms with Crippen LogP contribution < -0.4 is 5.32 Å². The maximum Gasteiger partial charge on any atom is 0.159 e. The predicted octanol–water partition coefficient (Wildman–Crippen LogP) is 1.51. The molecule has 0 saturated carbocycles. The molecule has 19 heavy (non-hydrogen) atoms. The second-order valence-corrected chi connectivity index (χ2v) is 4.56. The third-order valence-corrected chi connectivity index (χ3v) is 3.37. The highest BCUT2D eigenvalue weighted by Gasteiger charge is 2.25. The van der Waals surface area contributed by atoms with Crippen LogP contribution in [0.3, 0.4) is 0 Å². The minimum Gasteiger partial charge on any atom is -0.374 e. The van der Waals surface area contributed by atoms with E-state index in [1.54, 1.807) is 0 Å². The Hall–Kier alpha value is -1.72. The van der Waals surface area contributed by atoms with Gasteiger partial charge in [-0.15, -0.1) is 10.2 Å². The van der Waals surface area contributed by atoms with E-state index in [9.17, 15) is 0 Å². The molecule has 0 fully saturated rings. The lowest BCUT2D eigenvalue weighted by atomic mass is 10.1. The standard InChI is InChI=1S/C14H18N4O/c1-2-19-10-12-16-17-14-13(15-8-9-18(12)14)11-6-4-3-5-7-11/h3-7,13,15H,2,8-10H2,1H3. The number of rotatable bonds is 4. The van der Waals surface area contributed by atoms with E-state index in [0.717, 1.165) is 24.7 Å². The van der Waals surface area contributed by atoms with E-state index in [0.29, 0.717) is 13.2 Å².